The van der Waals surface area contributed by atoms with E-state index in [1.165, 1.54) is 0 Å². The Hall–Kier alpha value is -0.170. The predicted molar refractivity (Wildman–Crippen MR) is 29.1 cm³/mol. The first-order chi connectivity index (χ1) is 3.00. The van der Waals surface area contributed by atoms with Crippen LogP contribution in [0.1, 0.15) is 13.8 Å². The molecule has 0 saturated heterocycles. The minimum atomic E-state index is -4.67. The van der Waals surface area contributed by atoms with Crippen LogP contribution in [-0.2, 0) is 10.4 Å². The van der Waals surface area contributed by atoms with Crippen molar-refractivity contribution in [3.8, 4) is 0 Å². The van der Waals surface area contributed by atoms with Gasteiger partial charge in [0.2, 0.25) is 0 Å². The van der Waals surface area contributed by atoms with Gasteiger partial charge in [-0.3, -0.25) is 9.11 Å². The van der Waals surface area contributed by atoms with Gasteiger partial charge in [-0.1, -0.05) is 13.8 Å². The number of rotatable bonds is 0. The molecule has 0 aromatic carbocycles. The molecule has 0 rings (SSSR count). The van der Waals surface area contributed by atoms with Crippen LogP contribution in [0, 0.1) is 0 Å². The summed E-state index contributed by atoms with van der Waals surface area (Å²) < 4.78 is 31.6. The second-order valence-corrected chi connectivity index (χ2v) is 1.34. The first kappa shape index (κ1) is 15.7. The van der Waals surface area contributed by atoms with Gasteiger partial charge in [0.05, 0.1) is 0 Å². The summed E-state index contributed by atoms with van der Waals surface area (Å²) in [6.07, 6.45) is 0. The lowest BCUT2D eigenvalue weighted by Crippen LogP contribution is -1.89. The molecule has 0 unspecified atom stereocenters. The summed E-state index contributed by atoms with van der Waals surface area (Å²) in [6, 6.07) is 0. The Morgan fingerprint density at radius 3 is 1.12 bits per heavy atom. The second-order valence-electron chi connectivity index (χ2n) is 0.448. The highest BCUT2D eigenvalue weighted by molar-refractivity contribution is 7.79. The fourth-order valence-corrected chi connectivity index (χ4v) is 0. The molecule has 5 nitrogen and oxygen atoms in total. The van der Waals surface area contributed by atoms with E-state index in [4.69, 9.17) is 17.5 Å². The van der Waals surface area contributed by atoms with Gasteiger partial charge in [-0.25, -0.2) is 0 Å². The van der Waals surface area contributed by atoms with Crippen molar-refractivity contribution in [1.29, 1.82) is 0 Å². The van der Waals surface area contributed by atoms with Gasteiger partial charge in [0.1, 0.15) is 0 Å². The molecule has 0 fully saturated rings. The highest BCUT2D eigenvalue weighted by Crippen LogP contribution is 1.59. The third-order valence-corrected chi connectivity index (χ3v) is 0. The van der Waals surface area contributed by atoms with E-state index in [9.17, 15) is 0 Å². The summed E-state index contributed by atoms with van der Waals surface area (Å²) >= 11 is 0. The van der Waals surface area contributed by atoms with Crippen molar-refractivity contribution >= 4 is 10.4 Å². The zero-order valence-corrected chi connectivity index (χ0v) is 5.44. The fourth-order valence-electron chi connectivity index (χ4n) is 0. The van der Waals surface area contributed by atoms with Gasteiger partial charge in [0.25, 0.3) is 0 Å². The Kier molecular flexibility index (Phi) is 13.4. The molecular formula is C2H10O5S. The van der Waals surface area contributed by atoms with Crippen molar-refractivity contribution in [1.82, 2.24) is 0 Å². The van der Waals surface area contributed by atoms with Crippen LogP contribution < -0.4 is 0 Å². The zero-order valence-electron chi connectivity index (χ0n) is 4.62. The maximum atomic E-state index is 8.74. The van der Waals surface area contributed by atoms with Crippen LogP contribution in [-0.4, -0.2) is 23.0 Å². The highest BCUT2D eigenvalue weighted by atomic mass is 32.3. The minimum absolute atomic E-state index is 0. The maximum Gasteiger partial charge on any atom is 0.394 e. The van der Waals surface area contributed by atoms with Crippen LogP contribution in [0.4, 0.5) is 0 Å². The maximum absolute atomic E-state index is 8.74. The Balaban J connectivity index is -0.0000000750. The third kappa shape index (κ3) is 4710. The van der Waals surface area contributed by atoms with Crippen molar-refractivity contribution in [2.45, 2.75) is 13.8 Å². The van der Waals surface area contributed by atoms with E-state index in [-0.39, 0.29) is 5.48 Å². The largest absolute Gasteiger partial charge is 0.412 e. The molecule has 54 valence electrons. The van der Waals surface area contributed by atoms with Gasteiger partial charge in [0, 0.05) is 0 Å². The van der Waals surface area contributed by atoms with Gasteiger partial charge >= 0.3 is 10.4 Å². The van der Waals surface area contributed by atoms with E-state index in [0.29, 0.717) is 0 Å². The van der Waals surface area contributed by atoms with Crippen molar-refractivity contribution in [3.63, 3.8) is 0 Å². The lowest BCUT2D eigenvalue weighted by molar-refractivity contribution is 0.381. The minimum Gasteiger partial charge on any atom is -0.412 e. The molecule has 0 atom stereocenters. The Labute approximate surface area is 48.2 Å². The van der Waals surface area contributed by atoms with E-state index >= 15 is 0 Å². The number of hydrogen-bond donors (Lipinski definition) is 2. The fraction of sp³-hybridized carbons (Fsp3) is 1.00. The van der Waals surface area contributed by atoms with Crippen molar-refractivity contribution < 1.29 is 23.0 Å². The number of hydrogen-bond acceptors (Lipinski definition) is 2. The summed E-state index contributed by atoms with van der Waals surface area (Å²) in [4.78, 5) is 0. The molecule has 0 spiro atoms. The van der Waals surface area contributed by atoms with Gasteiger partial charge in [-0.15, -0.1) is 0 Å². The standard InChI is InChI=1S/C2H6.H2O4S.H2O/c1-2;1-5(2,3)4;/h1-2H3;(H2,1,2,3,4);1H2. The van der Waals surface area contributed by atoms with E-state index in [2.05, 4.69) is 0 Å². The van der Waals surface area contributed by atoms with Gasteiger partial charge in [-0.05, 0) is 0 Å². The van der Waals surface area contributed by atoms with Crippen molar-refractivity contribution in [2.24, 2.45) is 0 Å². The molecule has 0 heterocycles. The average molecular weight is 146 g/mol. The first-order valence-electron chi connectivity index (χ1n) is 1.70. The lowest BCUT2D eigenvalue weighted by Gasteiger charge is -1.68. The molecular weight excluding hydrogens is 136 g/mol. The molecule has 0 saturated carbocycles. The SMILES string of the molecule is CC.O.O=S(=O)(O)O. The second kappa shape index (κ2) is 6.83. The quantitative estimate of drug-likeness (QED) is 0.451. The van der Waals surface area contributed by atoms with Crippen LogP contribution in [0.3, 0.4) is 0 Å². The molecule has 0 aromatic rings. The van der Waals surface area contributed by atoms with E-state index in [1.807, 2.05) is 13.8 Å². The monoisotopic (exact) mass is 146 g/mol. The van der Waals surface area contributed by atoms with E-state index in [1.54, 1.807) is 0 Å². The molecule has 0 radical (unpaired) electrons. The van der Waals surface area contributed by atoms with Crippen molar-refractivity contribution in [3.05, 3.63) is 0 Å². The highest BCUT2D eigenvalue weighted by Gasteiger charge is 1.84. The topological polar surface area (TPSA) is 106 Å². The first-order valence-corrected chi connectivity index (χ1v) is 3.10. The molecule has 8 heavy (non-hydrogen) atoms. The summed E-state index contributed by atoms with van der Waals surface area (Å²) in [5.41, 5.74) is 0. The average Bonchev–Trinajstić information content (AvgIpc) is 1.36. The lowest BCUT2D eigenvalue weighted by atomic mass is 11.0. The summed E-state index contributed by atoms with van der Waals surface area (Å²) in [5, 5.41) is 0. The normalized spacial score (nSPS) is 8.00. The smallest absolute Gasteiger partial charge is 0.394 e. The van der Waals surface area contributed by atoms with Crippen LogP contribution >= 0.6 is 0 Å². The molecule has 0 amide bonds. The summed E-state index contributed by atoms with van der Waals surface area (Å²) in [5.74, 6) is 0. The van der Waals surface area contributed by atoms with Gasteiger partial charge in [0.15, 0.2) is 0 Å². The van der Waals surface area contributed by atoms with Gasteiger partial charge in [-0.2, -0.15) is 8.42 Å². The Morgan fingerprint density at radius 1 is 1.12 bits per heavy atom. The van der Waals surface area contributed by atoms with Crippen LogP contribution in [0.5, 0.6) is 0 Å². The van der Waals surface area contributed by atoms with Crippen LogP contribution in [0.15, 0.2) is 0 Å². The molecule has 0 aliphatic rings. The molecule has 4 N–H and O–H groups in total. The Bertz CT molecular complexity index is 93.6. The predicted octanol–water partition coefficient (Wildman–Crippen LogP) is -0.451. The van der Waals surface area contributed by atoms with Crippen LogP contribution in [0.2, 0.25) is 0 Å². The van der Waals surface area contributed by atoms with E-state index in [0.717, 1.165) is 0 Å². The van der Waals surface area contributed by atoms with Crippen LogP contribution in [0.25, 0.3) is 0 Å². The molecule has 0 aromatic heterocycles. The Morgan fingerprint density at radius 2 is 1.12 bits per heavy atom. The molecule has 0 aliphatic carbocycles. The van der Waals surface area contributed by atoms with E-state index < -0.39 is 10.4 Å². The third-order valence-electron chi connectivity index (χ3n) is 0. The van der Waals surface area contributed by atoms with Crippen molar-refractivity contribution in [2.75, 3.05) is 0 Å². The molecule has 0 aliphatic heterocycles. The summed E-state index contributed by atoms with van der Waals surface area (Å²) in [7, 11) is -4.67. The summed E-state index contributed by atoms with van der Waals surface area (Å²) in [6.45, 7) is 4.00. The van der Waals surface area contributed by atoms with Gasteiger partial charge < -0.3 is 5.48 Å². The molecule has 6 heteroatoms. The zero-order chi connectivity index (χ0) is 6.50. The molecule has 0 bridgehead atoms.